The van der Waals surface area contributed by atoms with Gasteiger partial charge in [-0.05, 0) is 55.6 Å². The van der Waals surface area contributed by atoms with Crippen LogP contribution in [0.3, 0.4) is 0 Å². The van der Waals surface area contributed by atoms with Crippen molar-refractivity contribution in [3.8, 4) is 34.1 Å². The number of methoxy groups -OCH3 is 1. The van der Waals surface area contributed by atoms with Crippen LogP contribution in [0.4, 0.5) is 5.69 Å². The third kappa shape index (κ3) is 5.37. The number of anilines is 1. The number of fused-ring (bicyclic) bond motifs is 1. The number of rotatable bonds is 7. The van der Waals surface area contributed by atoms with Gasteiger partial charge in [-0.25, -0.2) is 9.97 Å². The first-order valence-electron chi connectivity index (χ1n) is 11.0. The quantitative estimate of drug-likeness (QED) is 0.409. The fraction of sp³-hybridized carbons (Fsp3) is 0.185. The Morgan fingerprint density at radius 2 is 2.00 bits per heavy atom. The third-order valence-corrected chi connectivity index (χ3v) is 5.48. The molecule has 0 bridgehead atoms. The summed E-state index contributed by atoms with van der Waals surface area (Å²) in [5.41, 5.74) is 5.38. The first kappa shape index (κ1) is 23.7. The number of carbonyl (C=O) groups excluding carboxylic acids is 1. The van der Waals surface area contributed by atoms with Crippen molar-refractivity contribution >= 4 is 22.6 Å². The van der Waals surface area contributed by atoms with Crippen molar-refractivity contribution in [2.45, 2.75) is 0 Å². The zero-order chi connectivity index (χ0) is 24.9. The lowest BCUT2D eigenvalue weighted by Gasteiger charge is -2.11. The third-order valence-electron chi connectivity index (χ3n) is 5.48. The molecule has 1 amide bonds. The zero-order valence-corrected chi connectivity index (χ0v) is 20.1. The lowest BCUT2D eigenvalue weighted by atomic mass is 10.0. The number of benzene rings is 1. The van der Waals surface area contributed by atoms with Gasteiger partial charge in [-0.1, -0.05) is 6.08 Å². The molecule has 176 valence electrons. The molecule has 3 heterocycles. The van der Waals surface area contributed by atoms with Crippen molar-refractivity contribution < 1.29 is 9.53 Å². The maximum Gasteiger partial charge on any atom is 0.248 e. The molecule has 0 spiro atoms. The molecule has 4 aromatic rings. The number of nitrogens with zero attached hydrogens (tertiary/aromatic N) is 5. The number of likely N-dealkylation sites (N-methyl/N-ethyl adjacent to an activating group) is 1. The van der Waals surface area contributed by atoms with Gasteiger partial charge in [-0.3, -0.25) is 4.79 Å². The Balaban J connectivity index is 1.73. The largest absolute Gasteiger partial charge is 0.497 e. The van der Waals surface area contributed by atoms with E-state index in [0.717, 1.165) is 33.3 Å². The minimum atomic E-state index is -0.212. The number of carbonyl (C=O) groups is 1. The fourth-order valence-corrected chi connectivity index (χ4v) is 3.82. The summed E-state index contributed by atoms with van der Waals surface area (Å²) in [5.74, 6) is 0.409. The molecule has 0 saturated carbocycles. The van der Waals surface area contributed by atoms with Crippen LogP contribution in [0.1, 0.15) is 5.69 Å². The Labute approximate surface area is 204 Å². The highest BCUT2D eigenvalue weighted by molar-refractivity contribution is 6.00. The van der Waals surface area contributed by atoms with Gasteiger partial charge in [-0.2, -0.15) is 5.26 Å². The van der Waals surface area contributed by atoms with Crippen molar-refractivity contribution in [1.82, 2.24) is 19.4 Å². The van der Waals surface area contributed by atoms with E-state index in [4.69, 9.17) is 4.74 Å². The molecule has 0 saturated heterocycles. The molecule has 0 aliphatic heterocycles. The smallest absolute Gasteiger partial charge is 0.248 e. The highest BCUT2D eigenvalue weighted by atomic mass is 16.5. The predicted octanol–water partition coefficient (Wildman–Crippen LogP) is 4.24. The average Bonchev–Trinajstić information content (AvgIpc) is 3.19. The Hall–Kier alpha value is -4.48. The molecule has 0 atom stereocenters. The molecule has 4 rings (SSSR count). The Morgan fingerprint density at radius 1 is 1.17 bits per heavy atom. The normalized spacial score (nSPS) is 11.2. The Bertz CT molecular complexity index is 1460. The summed E-state index contributed by atoms with van der Waals surface area (Å²) < 4.78 is 7.44. The van der Waals surface area contributed by atoms with E-state index >= 15 is 0 Å². The van der Waals surface area contributed by atoms with Crippen LogP contribution in [0, 0.1) is 11.3 Å². The van der Waals surface area contributed by atoms with E-state index in [1.807, 2.05) is 61.1 Å². The average molecular weight is 467 g/mol. The van der Waals surface area contributed by atoms with Crippen LogP contribution in [0.25, 0.3) is 33.3 Å². The standard InChI is InChI=1S/C27H26N6O2/c1-32(2)9-5-6-26(34)31-21-11-19(12-23(14-21)35-4)20-13-24-25(17-33(3)27(24)30-16-20)18-7-8-29-22(10-18)15-28/h5-8,10-14,16-17H,9H2,1-4H3,(H,31,34)/b6-5+. The van der Waals surface area contributed by atoms with Crippen LogP contribution in [0.5, 0.6) is 5.75 Å². The van der Waals surface area contributed by atoms with Gasteiger partial charge in [0.2, 0.25) is 5.91 Å². The Kier molecular flexibility index (Phi) is 6.90. The van der Waals surface area contributed by atoms with Crippen LogP contribution >= 0.6 is 0 Å². The van der Waals surface area contributed by atoms with Gasteiger partial charge in [0.15, 0.2) is 0 Å². The molecule has 0 radical (unpaired) electrons. The van der Waals surface area contributed by atoms with Crippen molar-refractivity contribution in [3.63, 3.8) is 0 Å². The number of nitriles is 1. The van der Waals surface area contributed by atoms with Gasteiger partial charge < -0.3 is 19.5 Å². The van der Waals surface area contributed by atoms with E-state index in [-0.39, 0.29) is 5.91 Å². The molecule has 0 unspecified atom stereocenters. The fourth-order valence-electron chi connectivity index (χ4n) is 3.82. The number of aromatic nitrogens is 3. The van der Waals surface area contributed by atoms with E-state index in [1.54, 1.807) is 31.6 Å². The topological polar surface area (TPSA) is 96.1 Å². The predicted molar refractivity (Wildman–Crippen MR) is 137 cm³/mol. The number of amides is 1. The van der Waals surface area contributed by atoms with Crippen LogP contribution < -0.4 is 10.1 Å². The van der Waals surface area contributed by atoms with Crippen LogP contribution in [0.2, 0.25) is 0 Å². The minimum Gasteiger partial charge on any atom is -0.497 e. The van der Waals surface area contributed by atoms with E-state index in [1.165, 1.54) is 6.08 Å². The molecular weight excluding hydrogens is 440 g/mol. The number of pyridine rings is 2. The second kappa shape index (κ2) is 10.2. The van der Waals surface area contributed by atoms with Gasteiger partial charge in [0.05, 0.1) is 7.11 Å². The molecule has 1 aromatic carbocycles. The number of nitrogens with one attached hydrogen (secondary N) is 1. The molecule has 0 aliphatic rings. The van der Waals surface area contributed by atoms with Crippen molar-refractivity contribution in [2.24, 2.45) is 7.05 Å². The van der Waals surface area contributed by atoms with Crippen molar-refractivity contribution in [3.05, 3.63) is 72.8 Å². The lowest BCUT2D eigenvalue weighted by Crippen LogP contribution is -2.13. The maximum atomic E-state index is 12.4. The van der Waals surface area contributed by atoms with E-state index in [9.17, 15) is 10.1 Å². The van der Waals surface area contributed by atoms with Gasteiger partial charge in [0.1, 0.15) is 23.2 Å². The lowest BCUT2D eigenvalue weighted by molar-refractivity contribution is -0.111. The second-order valence-corrected chi connectivity index (χ2v) is 8.39. The molecular formula is C27H26N6O2. The molecule has 3 aromatic heterocycles. The summed E-state index contributed by atoms with van der Waals surface area (Å²) in [7, 11) is 7.41. The number of hydrogen-bond donors (Lipinski definition) is 1. The van der Waals surface area contributed by atoms with Gasteiger partial charge in [-0.15, -0.1) is 0 Å². The van der Waals surface area contributed by atoms with E-state index in [2.05, 4.69) is 27.4 Å². The molecule has 0 aliphatic carbocycles. The molecule has 0 fully saturated rings. The second-order valence-electron chi connectivity index (χ2n) is 8.39. The highest BCUT2D eigenvalue weighted by Gasteiger charge is 2.13. The first-order chi connectivity index (χ1) is 16.9. The maximum absolute atomic E-state index is 12.4. The summed E-state index contributed by atoms with van der Waals surface area (Å²) in [6, 6.07) is 13.4. The summed E-state index contributed by atoms with van der Waals surface area (Å²) in [4.78, 5) is 23.1. The monoisotopic (exact) mass is 466 g/mol. The molecule has 35 heavy (non-hydrogen) atoms. The summed E-state index contributed by atoms with van der Waals surface area (Å²) in [6.45, 7) is 0.676. The molecule has 8 nitrogen and oxygen atoms in total. The van der Waals surface area contributed by atoms with Gasteiger partial charge in [0, 0.05) is 66.5 Å². The first-order valence-corrected chi connectivity index (χ1v) is 11.0. The minimum absolute atomic E-state index is 0.212. The van der Waals surface area contributed by atoms with Gasteiger partial charge >= 0.3 is 0 Å². The van der Waals surface area contributed by atoms with Crippen molar-refractivity contribution in [2.75, 3.05) is 33.1 Å². The highest BCUT2D eigenvalue weighted by Crippen LogP contribution is 2.34. The van der Waals surface area contributed by atoms with Crippen LogP contribution in [-0.4, -0.2) is 53.1 Å². The van der Waals surface area contributed by atoms with Crippen molar-refractivity contribution in [1.29, 1.82) is 5.26 Å². The number of ether oxygens (including phenoxy) is 1. The molecule has 8 heteroatoms. The number of hydrogen-bond acceptors (Lipinski definition) is 6. The SMILES string of the molecule is COc1cc(NC(=O)/C=C/CN(C)C)cc(-c2cnc3c(c2)c(-c2ccnc(C#N)c2)cn3C)c1. The summed E-state index contributed by atoms with van der Waals surface area (Å²) >= 11 is 0. The van der Waals surface area contributed by atoms with E-state index < -0.39 is 0 Å². The zero-order valence-electron chi connectivity index (χ0n) is 20.1. The van der Waals surface area contributed by atoms with Crippen LogP contribution in [-0.2, 0) is 11.8 Å². The summed E-state index contributed by atoms with van der Waals surface area (Å²) in [5, 5.41) is 13.1. The van der Waals surface area contributed by atoms with Gasteiger partial charge in [0.25, 0.3) is 0 Å². The number of aryl methyl sites for hydroxylation is 1. The molecule has 1 N–H and O–H groups in total. The Morgan fingerprint density at radius 3 is 2.74 bits per heavy atom. The van der Waals surface area contributed by atoms with E-state index in [0.29, 0.717) is 23.7 Å². The van der Waals surface area contributed by atoms with Crippen LogP contribution in [0.15, 0.2) is 67.1 Å². The summed E-state index contributed by atoms with van der Waals surface area (Å²) in [6.07, 6.45) is 8.76.